The molecular weight excluding hydrogens is 140 g/mol. The Labute approximate surface area is 64.6 Å². The number of nitrogen functional groups attached to an aromatic ring is 1. The summed E-state index contributed by atoms with van der Waals surface area (Å²) in [7, 11) is 0. The lowest BCUT2D eigenvalue weighted by molar-refractivity contribution is 1.18. The van der Waals surface area contributed by atoms with Gasteiger partial charge < -0.3 is 11.5 Å². The summed E-state index contributed by atoms with van der Waals surface area (Å²) >= 11 is 0. The van der Waals surface area contributed by atoms with Gasteiger partial charge in [0.05, 0.1) is 18.9 Å². The minimum absolute atomic E-state index is 0.325. The molecule has 0 aliphatic rings. The lowest BCUT2D eigenvalue weighted by atomic mass is 10.4. The third kappa shape index (κ3) is 2.24. The molecule has 1 aromatic rings. The van der Waals surface area contributed by atoms with Crippen LogP contribution >= 0.6 is 0 Å². The van der Waals surface area contributed by atoms with Crippen LogP contribution < -0.4 is 11.5 Å². The van der Waals surface area contributed by atoms with Crippen LogP contribution in [0.2, 0.25) is 0 Å². The zero-order valence-corrected chi connectivity index (χ0v) is 5.91. The fourth-order valence-electron chi connectivity index (χ4n) is 0.544. The number of nitrogens with zero attached hydrogens (tertiary/aromatic N) is 2. The van der Waals surface area contributed by atoms with Gasteiger partial charge in [-0.2, -0.15) is 0 Å². The van der Waals surface area contributed by atoms with E-state index in [2.05, 4.69) is 21.8 Å². The fourth-order valence-corrected chi connectivity index (χ4v) is 0.544. The first kappa shape index (κ1) is 7.51. The third-order valence-electron chi connectivity index (χ3n) is 0.990. The molecule has 0 fully saturated rings. The van der Waals surface area contributed by atoms with E-state index < -0.39 is 0 Å². The Hall–Kier alpha value is -1.60. The monoisotopic (exact) mass is 148 g/mol. The molecule has 0 aromatic carbocycles. The van der Waals surface area contributed by atoms with E-state index in [9.17, 15) is 0 Å². The van der Waals surface area contributed by atoms with Gasteiger partial charge in [0.1, 0.15) is 11.5 Å². The molecule has 1 heterocycles. The lowest BCUT2D eigenvalue weighted by Gasteiger charge is -1.89. The molecule has 56 valence electrons. The van der Waals surface area contributed by atoms with Crippen LogP contribution in [0.4, 0.5) is 5.82 Å². The van der Waals surface area contributed by atoms with Crippen molar-refractivity contribution in [3.05, 3.63) is 18.1 Å². The van der Waals surface area contributed by atoms with Gasteiger partial charge in [-0.25, -0.2) is 9.97 Å². The van der Waals surface area contributed by atoms with Crippen LogP contribution in [0.5, 0.6) is 0 Å². The highest BCUT2D eigenvalue weighted by molar-refractivity contribution is 5.30. The van der Waals surface area contributed by atoms with Gasteiger partial charge in [0.25, 0.3) is 0 Å². The highest BCUT2D eigenvalue weighted by Gasteiger charge is 1.87. The second-order valence-corrected chi connectivity index (χ2v) is 1.83. The largest absolute Gasteiger partial charge is 0.382 e. The number of rotatable bonds is 0. The maximum absolute atomic E-state index is 5.31. The van der Waals surface area contributed by atoms with Crippen molar-refractivity contribution in [3.63, 3.8) is 0 Å². The van der Waals surface area contributed by atoms with Crippen LogP contribution in [-0.4, -0.2) is 16.5 Å². The van der Waals surface area contributed by atoms with E-state index in [0.29, 0.717) is 18.1 Å². The molecule has 0 aliphatic heterocycles. The van der Waals surface area contributed by atoms with E-state index in [1.54, 1.807) is 0 Å². The van der Waals surface area contributed by atoms with E-state index in [-0.39, 0.29) is 0 Å². The van der Waals surface area contributed by atoms with E-state index in [1.165, 1.54) is 12.4 Å². The van der Waals surface area contributed by atoms with Crippen molar-refractivity contribution in [2.24, 2.45) is 5.73 Å². The molecule has 0 aliphatic carbocycles. The zero-order valence-electron chi connectivity index (χ0n) is 5.91. The Kier molecular flexibility index (Phi) is 2.42. The second kappa shape index (κ2) is 3.54. The molecule has 1 aromatic heterocycles. The number of nitrogens with two attached hydrogens (primary N) is 2. The van der Waals surface area contributed by atoms with Gasteiger partial charge in [0.15, 0.2) is 0 Å². The number of anilines is 1. The van der Waals surface area contributed by atoms with Crippen LogP contribution in [0.15, 0.2) is 12.4 Å². The molecule has 0 atom stereocenters. The minimum atomic E-state index is 0.325. The number of hydrogen-bond donors (Lipinski definition) is 2. The average molecular weight is 148 g/mol. The van der Waals surface area contributed by atoms with Crippen LogP contribution in [0.3, 0.4) is 0 Å². The maximum Gasteiger partial charge on any atom is 0.141 e. The van der Waals surface area contributed by atoms with E-state index in [0.717, 1.165) is 0 Å². The van der Waals surface area contributed by atoms with Crippen molar-refractivity contribution in [2.75, 3.05) is 12.3 Å². The Morgan fingerprint density at radius 3 is 2.73 bits per heavy atom. The number of hydrogen-bond acceptors (Lipinski definition) is 4. The molecule has 4 N–H and O–H groups in total. The summed E-state index contributed by atoms with van der Waals surface area (Å²) in [6, 6.07) is 0. The molecule has 1 rings (SSSR count). The van der Waals surface area contributed by atoms with Gasteiger partial charge in [0, 0.05) is 0 Å². The second-order valence-electron chi connectivity index (χ2n) is 1.83. The Balaban J connectivity index is 2.82. The molecular formula is C7H8N4. The predicted molar refractivity (Wildman–Crippen MR) is 42.4 cm³/mol. The summed E-state index contributed by atoms with van der Waals surface area (Å²) in [6.07, 6.45) is 2.97. The predicted octanol–water partition coefficient (Wildman–Crippen LogP) is -0.631. The van der Waals surface area contributed by atoms with Crippen molar-refractivity contribution in [3.8, 4) is 11.8 Å². The molecule has 4 heteroatoms. The SMILES string of the molecule is NCC#Cc1cnc(N)cn1. The molecule has 0 radical (unpaired) electrons. The van der Waals surface area contributed by atoms with E-state index >= 15 is 0 Å². The van der Waals surface area contributed by atoms with E-state index in [1.807, 2.05) is 0 Å². The summed E-state index contributed by atoms with van der Waals surface area (Å²) in [4.78, 5) is 7.70. The van der Waals surface area contributed by atoms with Crippen molar-refractivity contribution in [2.45, 2.75) is 0 Å². The van der Waals surface area contributed by atoms with Crippen molar-refractivity contribution >= 4 is 5.82 Å². The maximum atomic E-state index is 5.31. The Morgan fingerprint density at radius 1 is 1.36 bits per heavy atom. The normalized spacial score (nSPS) is 8.45. The van der Waals surface area contributed by atoms with Crippen LogP contribution in [0, 0.1) is 11.8 Å². The highest BCUT2D eigenvalue weighted by atomic mass is 14.9. The summed E-state index contributed by atoms with van der Waals surface area (Å²) < 4.78 is 0. The first-order valence-corrected chi connectivity index (χ1v) is 3.09. The molecule has 0 saturated heterocycles. The molecule has 0 saturated carbocycles. The average Bonchev–Trinajstić information content (AvgIpc) is 2.04. The van der Waals surface area contributed by atoms with Crippen LogP contribution in [0.1, 0.15) is 5.69 Å². The first-order chi connectivity index (χ1) is 5.33. The third-order valence-corrected chi connectivity index (χ3v) is 0.990. The highest BCUT2D eigenvalue weighted by Crippen LogP contribution is 1.92. The van der Waals surface area contributed by atoms with Gasteiger partial charge in [-0.1, -0.05) is 5.92 Å². The zero-order chi connectivity index (χ0) is 8.10. The molecule has 0 amide bonds. The molecule has 4 nitrogen and oxygen atoms in total. The molecule has 11 heavy (non-hydrogen) atoms. The van der Waals surface area contributed by atoms with Gasteiger partial charge in [-0.3, -0.25) is 0 Å². The van der Waals surface area contributed by atoms with Crippen LogP contribution in [-0.2, 0) is 0 Å². The molecule has 0 bridgehead atoms. The smallest absolute Gasteiger partial charge is 0.141 e. The molecule has 0 spiro atoms. The van der Waals surface area contributed by atoms with Gasteiger partial charge in [0.2, 0.25) is 0 Å². The van der Waals surface area contributed by atoms with Crippen molar-refractivity contribution in [1.29, 1.82) is 0 Å². The topological polar surface area (TPSA) is 77.8 Å². The standard InChI is InChI=1S/C7H8N4/c8-3-1-2-6-4-11-7(9)5-10-6/h4-5H,3,8H2,(H2,9,11). The van der Waals surface area contributed by atoms with Gasteiger partial charge >= 0.3 is 0 Å². The fraction of sp³-hybridized carbons (Fsp3) is 0.143. The summed E-state index contributed by atoms with van der Waals surface area (Å²) in [6.45, 7) is 0.325. The van der Waals surface area contributed by atoms with Gasteiger partial charge in [-0.05, 0) is 5.92 Å². The summed E-state index contributed by atoms with van der Waals surface area (Å²) in [5.74, 6) is 5.78. The summed E-state index contributed by atoms with van der Waals surface area (Å²) in [5, 5.41) is 0. The number of aromatic nitrogens is 2. The first-order valence-electron chi connectivity index (χ1n) is 3.09. The lowest BCUT2D eigenvalue weighted by Crippen LogP contribution is -1.95. The Morgan fingerprint density at radius 2 is 2.18 bits per heavy atom. The van der Waals surface area contributed by atoms with Crippen molar-refractivity contribution in [1.82, 2.24) is 9.97 Å². The Bertz CT molecular complexity index is 280. The van der Waals surface area contributed by atoms with Crippen molar-refractivity contribution < 1.29 is 0 Å². The molecule has 0 unspecified atom stereocenters. The van der Waals surface area contributed by atoms with E-state index in [4.69, 9.17) is 11.5 Å². The quantitative estimate of drug-likeness (QED) is 0.480. The van der Waals surface area contributed by atoms with Crippen LogP contribution in [0.25, 0.3) is 0 Å². The van der Waals surface area contributed by atoms with Gasteiger partial charge in [-0.15, -0.1) is 0 Å². The summed E-state index contributed by atoms with van der Waals surface area (Å²) in [5.41, 5.74) is 11.1. The minimum Gasteiger partial charge on any atom is -0.382 e.